The first-order valence-electron chi connectivity index (χ1n) is 6.24. The summed E-state index contributed by atoms with van der Waals surface area (Å²) in [5.74, 6) is -0.213. The van der Waals surface area contributed by atoms with Crippen molar-refractivity contribution in [2.45, 2.75) is 6.54 Å². The molecule has 0 heterocycles. The minimum Gasteiger partial charge on any atom is -0.409 e. The molecule has 2 aromatic rings. The van der Waals surface area contributed by atoms with E-state index in [-0.39, 0.29) is 11.7 Å². The summed E-state index contributed by atoms with van der Waals surface area (Å²) < 4.78 is 13.8. The van der Waals surface area contributed by atoms with Crippen molar-refractivity contribution in [3.8, 4) is 0 Å². The smallest absolute Gasteiger partial charge is 0.170 e. The van der Waals surface area contributed by atoms with E-state index >= 15 is 0 Å². The van der Waals surface area contributed by atoms with Crippen LogP contribution in [0.1, 0.15) is 11.1 Å². The van der Waals surface area contributed by atoms with Crippen LogP contribution in [0, 0.1) is 5.82 Å². The molecule has 0 aliphatic heterocycles. The molecule has 2 rings (SSSR count). The molecule has 0 fully saturated rings. The molecule has 6 heteroatoms. The van der Waals surface area contributed by atoms with Gasteiger partial charge in [-0.3, -0.25) is 0 Å². The highest BCUT2D eigenvalue weighted by molar-refractivity contribution is 9.10. The van der Waals surface area contributed by atoms with Crippen molar-refractivity contribution in [1.82, 2.24) is 0 Å². The van der Waals surface area contributed by atoms with E-state index in [1.54, 1.807) is 12.1 Å². The van der Waals surface area contributed by atoms with Gasteiger partial charge in [0.1, 0.15) is 5.82 Å². The summed E-state index contributed by atoms with van der Waals surface area (Å²) in [4.78, 5) is 1.99. The van der Waals surface area contributed by atoms with Gasteiger partial charge in [-0.05, 0) is 29.8 Å². The van der Waals surface area contributed by atoms with Crippen LogP contribution in [0.25, 0.3) is 0 Å². The van der Waals surface area contributed by atoms with Gasteiger partial charge >= 0.3 is 0 Å². The van der Waals surface area contributed by atoms with Crippen molar-refractivity contribution in [1.29, 1.82) is 0 Å². The van der Waals surface area contributed by atoms with Crippen LogP contribution in [0.4, 0.5) is 10.1 Å². The molecule has 0 spiro atoms. The molecular formula is C15H15BrFN3O. The summed E-state index contributed by atoms with van der Waals surface area (Å²) in [6, 6.07) is 12.0. The van der Waals surface area contributed by atoms with Crippen molar-refractivity contribution in [2.75, 3.05) is 11.9 Å². The van der Waals surface area contributed by atoms with Gasteiger partial charge in [0.2, 0.25) is 0 Å². The Morgan fingerprint density at radius 2 is 2.10 bits per heavy atom. The fraction of sp³-hybridized carbons (Fsp3) is 0.133. The fourth-order valence-corrected chi connectivity index (χ4v) is 2.43. The molecule has 0 amide bonds. The van der Waals surface area contributed by atoms with Gasteiger partial charge < -0.3 is 15.8 Å². The maximum atomic E-state index is 13.1. The predicted molar refractivity (Wildman–Crippen MR) is 85.2 cm³/mol. The predicted octanol–water partition coefficient (Wildman–Crippen LogP) is 3.32. The van der Waals surface area contributed by atoms with Crippen LogP contribution < -0.4 is 10.6 Å². The monoisotopic (exact) mass is 351 g/mol. The number of benzene rings is 2. The third-order valence-electron chi connectivity index (χ3n) is 3.11. The molecule has 3 N–H and O–H groups in total. The lowest BCUT2D eigenvalue weighted by atomic mass is 10.1. The highest BCUT2D eigenvalue weighted by Gasteiger charge is 2.08. The summed E-state index contributed by atoms with van der Waals surface area (Å²) in [6.07, 6.45) is 0. The Morgan fingerprint density at radius 3 is 2.76 bits per heavy atom. The summed E-state index contributed by atoms with van der Waals surface area (Å²) in [5.41, 5.74) is 8.11. The van der Waals surface area contributed by atoms with Gasteiger partial charge in [0.25, 0.3) is 0 Å². The summed E-state index contributed by atoms with van der Waals surface area (Å²) in [6.45, 7) is 0.598. The second-order valence-corrected chi connectivity index (χ2v) is 5.48. The number of amidine groups is 1. The lowest BCUT2D eigenvalue weighted by Crippen LogP contribution is -2.18. The third kappa shape index (κ3) is 3.72. The fourth-order valence-electron chi connectivity index (χ4n) is 1.96. The average molecular weight is 352 g/mol. The molecule has 0 aliphatic rings. The molecule has 0 bridgehead atoms. The Morgan fingerprint density at radius 1 is 1.33 bits per heavy atom. The van der Waals surface area contributed by atoms with Crippen molar-refractivity contribution < 1.29 is 9.60 Å². The first-order chi connectivity index (χ1) is 10.0. The first-order valence-corrected chi connectivity index (χ1v) is 7.03. The number of oxime groups is 1. The second-order valence-electron chi connectivity index (χ2n) is 4.63. The lowest BCUT2D eigenvalue weighted by molar-refractivity contribution is 0.318. The van der Waals surface area contributed by atoms with Crippen molar-refractivity contribution in [3.63, 3.8) is 0 Å². The van der Waals surface area contributed by atoms with Crippen molar-refractivity contribution in [3.05, 3.63) is 63.9 Å². The van der Waals surface area contributed by atoms with Gasteiger partial charge in [-0.2, -0.15) is 0 Å². The van der Waals surface area contributed by atoms with Gasteiger partial charge in [-0.1, -0.05) is 39.3 Å². The van der Waals surface area contributed by atoms with Gasteiger partial charge in [0.05, 0.1) is 0 Å². The molecule has 0 unspecified atom stereocenters. The maximum Gasteiger partial charge on any atom is 0.170 e. The van der Waals surface area contributed by atoms with Crippen LogP contribution in [0.5, 0.6) is 0 Å². The Hall–Kier alpha value is -2.08. The highest BCUT2D eigenvalue weighted by atomic mass is 79.9. The molecule has 21 heavy (non-hydrogen) atoms. The molecule has 0 radical (unpaired) electrons. The largest absolute Gasteiger partial charge is 0.409 e. The van der Waals surface area contributed by atoms with E-state index in [4.69, 9.17) is 10.9 Å². The molecular weight excluding hydrogens is 337 g/mol. The SMILES string of the molecule is CN(Cc1ccc(F)cc1Br)c1cccc(C(N)=NO)c1. The van der Waals surface area contributed by atoms with Crippen LogP contribution in [0.3, 0.4) is 0 Å². The summed E-state index contributed by atoms with van der Waals surface area (Å²) in [7, 11) is 1.92. The quantitative estimate of drug-likeness (QED) is 0.384. The average Bonchev–Trinajstić information content (AvgIpc) is 2.49. The zero-order chi connectivity index (χ0) is 15.4. The van der Waals surface area contributed by atoms with Gasteiger partial charge in [-0.25, -0.2) is 4.39 Å². The number of anilines is 1. The molecule has 110 valence electrons. The normalized spacial score (nSPS) is 11.5. The molecule has 2 aromatic carbocycles. The number of rotatable bonds is 4. The van der Waals surface area contributed by atoms with Crippen LogP contribution in [0.15, 0.2) is 52.1 Å². The molecule has 0 aliphatic carbocycles. The minimum absolute atomic E-state index is 0.0632. The zero-order valence-electron chi connectivity index (χ0n) is 11.4. The van der Waals surface area contributed by atoms with Crippen LogP contribution in [-0.4, -0.2) is 18.1 Å². The zero-order valence-corrected chi connectivity index (χ0v) is 13.0. The van der Waals surface area contributed by atoms with Crippen molar-refractivity contribution in [2.24, 2.45) is 10.9 Å². The standard InChI is InChI=1S/C15H15BrFN3O/c1-20(9-11-5-6-12(17)8-14(11)16)13-4-2-3-10(7-13)15(18)19-21/h2-8,21H,9H2,1H3,(H2,18,19). The summed E-state index contributed by atoms with van der Waals surface area (Å²) in [5, 5.41) is 11.7. The number of hydrogen-bond acceptors (Lipinski definition) is 3. The number of halogens is 2. The summed E-state index contributed by atoms with van der Waals surface area (Å²) >= 11 is 3.36. The highest BCUT2D eigenvalue weighted by Crippen LogP contribution is 2.22. The second kappa shape index (κ2) is 6.58. The molecule has 0 atom stereocenters. The maximum absolute atomic E-state index is 13.1. The number of hydrogen-bond donors (Lipinski definition) is 2. The van der Waals surface area contributed by atoms with Crippen LogP contribution in [0.2, 0.25) is 0 Å². The molecule has 0 saturated heterocycles. The van der Waals surface area contributed by atoms with E-state index in [0.29, 0.717) is 12.1 Å². The number of nitrogens with zero attached hydrogens (tertiary/aromatic N) is 2. The van der Waals surface area contributed by atoms with E-state index in [1.165, 1.54) is 12.1 Å². The molecule has 0 saturated carbocycles. The Labute approximate surface area is 130 Å². The number of nitrogens with two attached hydrogens (primary N) is 1. The van der Waals surface area contributed by atoms with Gasteiger partial charge in [-0.15, -0.1) is 0 Å². The minimum atomic E-state index is -0.276. The van der Waals surface area contributed by atoms with E-state index < -0.39 is 0 Å². The van der Waals surface area contributed by atoms with Gasteiger partial charge in [0.15, 0.2) is 5.84 Å². The van der Waals surface area contributed by atoms with Crippen LogP contribution in [-0.2, 0) is 6.54 Å². The van der Waals surface area contributed by atoms with E-state index in [1.807, 2.05) is 30.1 Å². The lowest BCUT2D eigenvalue weighted by Gasteiger charge is -2.20. The van der Waals surface area contributed by atoms with Gasteiger partial charge in [0, 0.05) is 29.3 Å². The van der Waals surface area contributed by atoms with E-state index in [0.717, 1.165) is 15.7 Å². The Balaban J connectivity index is 2.22. The van der Waals surface area contributed by atoms with E-state index in [9.17, 15) is 4.39 Å². The first kappa shape index (κ1) is 15.3. The Kier molecular flexibility index (Phi) is 4.80. The van der Waals surface area contributed by atoms with E-state index in [2.05, 4.69) is 21.1 Å². The van der Waals surface area contributed by atoms with Crippen LogP contribution >= 0.6 is 15.9 Å². The topological polar surface area (TPSA) is 61.8 Å². The van der Waals surface area contributed by atoms with Crippen molar-refractivity contribution >= 4 is 27.5 Å². The Bertz CT molecular complexity index is 676. The third-order valence-corrected chi connectivity index (χ3v) is 3.85. The molecule has 4 nitrogen and oxygen atoms in total. The molecule has 0 aromatic heterocycles.